The fourth-order valence-electron chi connectivity index (χ4n) is 11.2. The number of nitrogens with one attached hydrogen (secondary N) is 2. The van der Waals surface area contributed by atoms with Gasteiger partial charge in [-0.25, -0.2) is 9.18 Å². The largest absolute Gasteiger partial charge is 0.507 e. The first-order chi connectivity index (χ1) is 35.8. The first-order valence-electron chi connectivity index (χ1n) is 25.5. The number of nitrogens with zero attached hydrogens (tertiary/aromatic N) is 2. The summed E-state index contributed by atoms with van der Waals surface area (Å²) in [6, 6.07) is 0.974. The van der Waals surface area contributed by atoms with Gasteiger partial charge in [0.15, 0.2) is 11.6 Å². The summed E-state index contributed by atoms with van der Waals surface area (Å²) in [5.41, 5.74) is 0.00235. The molecule has 408 valence electrons. The zero-order valence-electron chi connectivity index (χ0n) is 44.2. The zero-order chi connectivity index (χ0) is 55.6. The van der Waals surface area contributed by atoms with Crippen LogP contribution in [0.2, 0.25) is 0 Å². The molecule has 5 bridgehead atoms. The van der Waals surface area contributed by atoms with Gasteiger partial charge in [-0.1, -0.05) is 45.9 Å². The second-order valence-corrected chi connectivity index (χ2v) is 21.1. The number of pyridine rings is 2. The van der Waals surface area contributed by atoms with E-state index < -0.39 is 118 Å². The van der Waals surface area contributed by atoms with Crippen LogP contribution in [-0.2, 0) is 30.3 Å². The second kappa shape index (κ2) is 21.2. The number of benzene rings is 2. The number of carboxylic acid groups (broad SMARTS) is 1. The molecule has 2 aromatic heterocycles. The number of aliphatic hydroxyl groups excluding tert-OH is 2. The Hall–Kier alpha value is -7.00. The predicted octanol–water partition coefficient (Wildman–Crippen LogP) is 6.76. The van der Waals surface area contributed by atoms with Crippen LogP contribution in [-0.4, -0.2) is 115 Å². The van der Waals surface area contributed by atoms with Crippen molar-refractivity contribution in [3.8, 4) is 23.0 Å². The van der Waals surface area contributed by atoms with Crippen LogP contribution in [0.3, 0.4) is 0 Å². The van der Waals surface area contributed by atoms with E-state index in [0.29, 0.717) is 29.6 Å². The molecular formula is C56H67FN4O15. The number of allylic oxidation sites excluding steroid dienone is 2. The maximum atomic E-state index is 16.3. The zero-order valence-corrected chi connectivity index (χ0v) is 44.2. The molecule has 1 saturated carbocycles. The van der Waals surface area contributed by atoms with Gasteiger partial charge in [-0.05, 0) is 69.2 Å². The third-order valence-corrected chi connectivity index (χ3v) is 15.9. The molecule has 4 aromatic rings. The molecule has 5 aliphatic rings. The van der Waals surface area contributed by atoms with Crippen LogP contribution in [0, 0.1) is 43.3 Å². The van der Waals surface area contributed by atoms with Gasteiger partial charge in [-0.3, -0.25) is 23.6 Å². The average molecular weight is 1060 g/mol. The SMILES string of the molecule is CO[C@H]1/C=C/O[C@@]2(C)Oc3c(C)c(O)c4c(O)c(c(CNC5CCN(c6c(F)cn7c(=O)c(C(=O)O)cc(C8CC8)c7c6C)C5)c(O)c4c3C2=O)NC(=O)/C(C)=C\C=C\[C@H](C)[C@H](O)[C@@H](C)[C@@H](O)[C@@H](C)[C@H](OC(C)=O)[C@@H]1C. The van der Waals surface area contributed by atoms with Gasteiger partial charge in [-0.2, -0.15) is 0 Å². The molecule has 1 aliphatic carbocycles. The molecule has 9 rings (SSSR count). The van der Waals surface area contributed by atoms with Crippen LogP contribution >= 0.6 is 0 Å². The number of methoxy groups -OCH3 is 1. The lowest BCUT2D eigenvalue weighted by molar-refractivity contribution is -0.160. The van der Waals surface area contributed by atoms with Crippen molar-refractivity contribution in [3.63, 3.8) is 0 Å². The highest BCUT2D eigenvalue weighted by atomic mass is 19.1. The Balaban J connectivity index is 1.19. The van der Waals surface area contributed by atoms with E-state index in [-0.39, 0.29) is 69.2 Å². The molecule has 20 heteroatoms. The molecule has 0 radical (unpaired) electrons. The summed E-state index contributed by atoms with van der Waals surface area (Å²) >= 11 is 0. The number of carbonyl (C=O) groups is 4. The summed E-state index contributed by atoms with van der Waals surface area (Å²) in [7, 11) is 1.41. The van der Waals surface area contributed by atoms with E-state index in [1.165, 1.54) is 59.3 Å². The van der Waals surface area contributed by atoms with Crippen LogP contribution in [0.25, 0.3) is 16.3 Å². The van der Waals surface area contributed by atoms with Crippen LogP contribution in [0.15, 0.2) is 53.2 Å². The predicted molar refractivity (Wildman–Crippen MR) is 279 cm³/mol. The van der Waals surface area contributed by atoms with Gasteiger partial charge in [0, 0.05) is 92.4 Å². The normalized spacial score (nSPS) is 29.0. The molecule has 4 aliphatic heterocycles. The Kier molecular flexibility index (Phi) is 15.4. The molecule has 0 spiro atoms. The molecular weight excluding hydrogens is 988 g/mol. The Bertz CT molecular complexity index is 3200. The molecule has 76 heavy (non-hydrogen) atoms. The third-order valence-electron chi connectivity index (χ3n) is 15.9. The molecule has 1 saturated heterocycles. The number of aryl methyl sites for hydroxylation is 1. The standard InChI is InChI=1S/C56H67FN4O15/c1-24-12-11-13-25(2)53(69)59-42-36(21-58-33-16-18-60(22-33)44-27(4)43-34(32-14-15-32)20-35(55(71)72)54(70)61(43)23-37(44)57)48(66)39-40(49(42)67)47(65)30(7)51-41(39)52(68)56(9,76-51)74-19-17-38(73-10)26(3)50(75-31(8)62)29(6)46(64)28(5)45(24)63/h11-13,17,19-20,23-24,26,28-29,32-33,38,45-46,50,58,63-67H,14-16,18,21-22H2,1-10H3,(H,59,69)(H,71,72)/b12-11+,19-17+,25-13-/t24-,26+,28+,29+,33?,38-,45-,46+,50+,56-/m0/s1. The molecule has 10 atom stereocenters. The number of esters is 1. The summed E-state index contributed by atoms with van der Waals surface area (Å²) in [4.78, 5) is 68.4. The van der Waals surface area contributed by atoms with Crippen molar-refractivity contribution in [3.05, 3.63) is 98.0 Å². The van der Waals surface area contributed by atoms with Crippen molar-refractivity contribution in [2.75, 3.05) is 30.4 Å². The highest BCUT2D eigenvalue weighted by molar-refractivity contribution is 6.22. The maximum Gasteiger partial charge on any atom is 0.341 e. The smallest absolute Gasteiger partial charge is 0.341 e. The van der Waals surface area contributed by atoms with Crippen LogP contribution in [0.5, 0.6) is 23.0 Å². The summed E-state index contributed by atoms with van der Waals surface area (Å²) in [6.45, 7) is 14.3. The summed E-state index contributed by atoms with van der Waals surface area (Å²) in [5.74, 6) is -11.1. The van der Waals surface area contributed by atoms with Crippen molar-refractivity contribution in [1.29, 1.82) is 0 Å². The maximum absolute atomic E-state index is 16.3. The fourth-order valence-corrected chi connectivity index (χ4v) is 11.2. The number of carboxylic acids is 1. The van der Waals surface area contributed by atoms with Crippen LogP contribution in [0.1, 0.15) is 117 Å². The quantitative estimate of drug-likeness (QED) is 0.0514. The number of aliphatic hydroxyl groups is 2. The monoisotopic (exact) mass is 1050 g/mol. The third kappa shape index (κ3) is 9.87. The Labute approximate surface area is 438 Å². The molecule has 19 nitrogen and oxygen atoms in total. The number of amides is 1. The van der Waals surface area contributed by atoms with Crippen molar-refractivity contribution in [2.45, 2.75) is 130 Å². The minimum absolute atomic E-state index is 0.00107. The van der Waals surface area contributed by atoms with E-state index in [4.69, 9.17) is 18.9 Å². The number of ketones is 1. The first kappa shape index (κ1) is 55.2. The number of Topliss-reactive ketones (excluding diaryl/α,β-unsaturated/α-hetero) is 1. The van der Waals surface area contributed by atoms with Gasteiger partial charge in [0.25, 0.3) is 17.2 Å². The van der Waals surface area contributed by atoms with Gasteiger partial charge in [0.05, 0.1) is 58.6 Å². The summed E-state index contributed by atoms with van der Waals surface area (Å²) in [5, 5.41) is 74.8. The number of halogens is 1. The fraction of sp³-hybridized carbons (Fsp3) is 0.482. The summed E-state index contributed by atoms with van der Waals surface area (Å²) in [6.07, 6.45) is 6.27. The van der Waals surface area contributed by atoms with Gasteiger partial charge in [-0.15, -0.1) is 0 Å². The van der Waals surface area contributed by atoms with Crippen LogP contribution < -0.4 is 25.8 Å². The van der Waals surface area contributed by atoms with Gasteiger partial charge >= 0.3 is 17.7 Å². The lowest BCUT2D eigenvalue weighted by Crippen LogP contribution is -2.46. The Morgan fingerprint density at radius 2 is 1.63 bits per heavy atom. The van der Waals surface area contributed by atoms with E-state index >= 15 is 4.39 Å². The Morgan fingerprint density at radius 1 is 0.934 bits per heavy atom. The molecule has 6 heterocycles. The number of aromatic carboxylic acids is 1. The van der Waals surface area contributed by atoms with E-state index in [1.807, 2.05) is 0 Å². The van der Waals surface area contributed by atoms with Gasteiger partial charge in [0.2, 0.25) is 0 Å². The lowest BCUT2D eigenvalue weighted by atomic mass is 9.78. The number of anilines is 2. The number of aromatic nitrogens is 1. The summed E-state index contributed by atoms with van der Waals surface area (Å²) < 4.78 is 41.1. The number of carbonyl (C=O) groups excluding carboxylic acids is 3. The number of phenolic OH excluding ortho intramolecular Hbond substituents is 3. The Morgan fingerprint density at radius 3 is 2.28 bits per heavy atom. The number of hydrogen-bond donors (Lipinski definition) is 8. The van der Waals surface area contributed by atoms with Crippen molar-refractivity contribution >= 4 is 51.3 Å². The number of aromatic hydroxyl groups is 3. The van der Waals surface area contributed by atoms with Crippen molar-refractivity contribution in [2.24, 2.45) is 23.7 Å². The molecule has 1 unspecified atom stereocenters. The van der Waals surface area contributed by atoms with Crippen molar-refractivity contribution in [1.82, 2.24) is 9.72 Å². The molecule has 2 aromatic carbocycles. The number of rotatable bonds is 8. The topological polar surface area (TPSA) is 275 Å². The average Bonchev–Trinajstić information content (AvgIpc) is 4.14. The highest BCUT2D eigenvalue weighted by Crippen LogP contribution is 2.55. The van der Waals surface area contributed by atoms with Crippen LogP contribution in [0.4, 0.5) is 15.8 Å². The van der Waals surface area contributed by atoms with Crippen molar-refractivity contribution < 1.29 is 73.2 Å². The van der Waals surface area contributed by atoms with E-state index in [9.17, 15) is 54.6 Å². The number of hydrogen-bond acceptors (Lipinski definition) is 16. The first-order valence-corrected chi connectivity index (χ1v) is 25.5. The molecule has 2 fully saturated rings. The van der Waals surface area contributed by atoms with Gasteiger partial charge < -0.3 is 65.1 Å². The highest BCUT2D eigenvalue weighted by Gasteiger charge is 2.50. The molecule has 8 N–H and O–H groups in total. The number of ether oxygens (including phenoxy) is 4. The second-order valence-electron chi connectivity index (χ2n) is 21.1. The molecule has 1 amide bonds. The number of fused-ring (bicyclic) bond motifs is 15. The minimum atomic E-state index is -2.13. The van der Waals surface area contributed by atoms with E-state index in [2.05, 4.69) is 10.6 Å². The van der Waals surface area contributed by atoms with E-state index in [1.54, 1.807) is 51.7 Å². The minimum Gasteiger partial charge on any atom is -0.507 e. The van der Waals surface area contributed by atoms with E-state index in [0.717, 1.165) is 23.4 Å². The number of phenols is 3. The van der Waals surface area contributed by atoms with Gasteiger partial charge in [0.1, 0.15) is 28.9 Å². The lowest BCUT2D eigenvalue weighted by Gasteiger charge is -2.38.